The Morgan fingerprint density at radius 3 is 3.00 bits per heavy atom. The van der Waals surface area contributed by atoms with Crippen molar-refractivity contribution < 1.29 is 14.0 Å². The van der Waals surface area contributed by atoms with Crippen LogP contribution in [0.4, 0.5) is 16.5 Å². The molecule has 1 aliphatic rings. The maximum atomic E-state index is 12.9. The zero-order valence-electron chi connectivity index (χ0n) is 15.4. The van der Waals surface area contributed by atoms with Crippen LogP contribution < -0.4 is 16.0 Å². The van der Waals surface area contributed by atoms with Crippen molar-refractivity contribution >= 4 is 39.7 Å². The molecule has 7 nitrogen and oxygen atoms in total. The van der Waals surface area contributed by atoms with E-state index in [-0.39, 0.29) is 18.2 Å². The predicted octanol–water partition coefficient (Wildman–Crippen LogP) is 3.40. The zero-order chi connectivity index (χ0) is 19.7. The van der Waals surface area contributed by atoms with Crippen LogP contribution in [0.1, 0.15) is 33.8 Å². The van der Waals surface area contributed by atoms with Gasteiger partial charge in [-0.3, -0.25) is 14.9 Å². The minimum absolute atomic E-state index is 0.0274. The number of nitrogens with two attached hydrogens (primary N) is 1. The monoisotopic (exact) mass is 396 g/mol. The molecule has 0 atom stereocenters. The van der Waals surface area contributed by atoms with Gasteiger partial charge in [0.25, 0.3) is 5.91 Å². The summed E-state index contributed by atoms with van der Waals surface area (Å²) < 4.78 is 5.15. The molecule has 0 radical (unpaired) electrons. The Balaban J connectivity index is 1.45. The van der Waals surface area contributed by atoms with Gasteiger partial charge in [-0.05, 0) is 43.5 Å². The largest absolute Gasteiger partial charge is 0.469 e. The zero-order valence-corrected chi connectivity index (χ0v) is 16.2. The number of thiazole rings is 1. The van der Waals surface area contributed by atoms with Gasteiger partial charge in [-0.2, -0.15) is 0 Å². The van der Waals surface area contributed by atoms with Crippen LogP contribution >= 0.6 is 11.3 Å². The van der Waals surface area contributed by atoms with Crippen molar-refractivity contribution in [2.75, 3.05) is 22.5 Å². The van der Waals surface area contributed by atoms with Gasteiger partial charge < -0.3 is 15.1 Å². The Hall–Kier alpha value is -3.13. The molecule has 0 fully saturated rings. The van der Waals surface area contributed by atoms with E-state index >= 15 is 0 Å². The van der Waals surface area contributed by atoms with E-state index in [2.05, 4.69) is 10.3 Å². The maximum Gasteiger partial charge on any atom is 0.260 e. The first-order chi connectivity index (χ1) is 13.5. The molecule has 8 heteroatoms. The lowest BCUT2D eigenvalue weighted by molar-refractivity contribution is -0.118. The van der Waals surface area contributed by atoms with Gasteiger partial charge in [-0.1, -0.05) is 6.07 Å². The van der Waals surface area contributed by atoms with E-state index < -0.39 is 0 Å². The summed E-state index contributed by atoms with van der Waals surface area (Å²) in [6, 6.07) is 7.28. The molecule has 1 aromatic carbocycles. The highest BCUT2D eigenvalue weighted by Crippen LogP contribution is 2.31. The lowest BCUT2D eigenvalue weighted by Crippen LogP contribution is -2.36. The van der Waals surface area contributed by atoms with Crippen LogP contribution in [-0.2, 0) is 17.6 Å². The van der Waals surface area contributed by atoms with Gasteiger partial charge in [0.15, 0.2) is 5.13 Å². The smallest absolute Gasteiger partial charge is 0.260 e. The highest BCUT2D eigenvalue weighted by Gasteiger charge is 2.24. The normalized spacial score (nSPS) is 13.2. The van der Waals surface area contributed by atoms with Gasteiger partial charge in [-0.25, -0.2) is 4.98 Å². The lowest BCUT2D eigenvalue weighted by Gasteiger charge is -2.30. The average molecular weight is 396 g/mol. The molecule has 0 spiro atoms. The highest BCUT2D eigenvalue weighted by molar-refractivity contribution is 7.14. The van der Waals surface area contributed by atoms with Crippen molar-refractivity contribution in [2.45, 2.75) is 26.2 Å². The number of aromatic nitrogens is 1. The minimum atomic E-state index is -0.279. The maximum absolute atomic E-state index is 12.9. The van der Waals surface area contributed by atoms with E-state index in [1.807, 2.05) is 18.2 Å². The number of rotatable bonds is 4. The first-order valence-electron chi connectivity index (χ1n) is 9.00. The number of nitrogens with one attached hydrogen (secondary N) is 1. The molecule has 1 aliphatic heterocycles. The van der Waals surface area contributed by atoms with Gasteiger partial charge in [-0.15, -0.1) is 11.3 Å². The summed E-state index contributed by atoms with van der Waals surface area (Å²) in [6.07, 6.45) is 3.41. The van der Waals surface area contributed by atoms with Gasteiger partial charge in [0.05, 0.1) is 23.9 Å². The van der Waals surface area contributed by atoms with Crippen molar-refractivity contribution in [3.8, 4) is 0 Å². The number of benzene rings is 1. The number of carbonyl (C=O) groups is 2. The molecular weight excluding hydrogens is 376 g/mol. The second kappa shape index (κ2) is 7.47. The Labute approximate surface area is 166 Å². The van der Waals surface area contributed by atoms with Crippen molar-refractivity contribution in [3.63, 3.8) is 0 Å². The molecule has 2 aromatic heterocycles. The van der Waals surface area contributed by atoms with Gasteiger partial charge in [0.1, 0.15) is 5.76 Å². The second-order valence-electron chi connectivity index (χ2n) is 6.66. The van der Waals surface area contributed by atoms with Crippen molar-refractivity contribution in [1.29, 1.82) is 0 Å². The van der Waals surface area contributed by atoms with E-state index in [0.717, 1.165) is 29.8 Å². The fourth-order valence-electron chi connectivity index (χ4n) is 3.39. The predicted molar refractivity (Wildman–Crippen MR) is 109 cm³/mol. The van der Waals surface area contributed by atoms with Gasteiger partial charge in [0, 0.05) is 23.3 Å². The lowest BCUT2D eigenvalue weighted by atomic mass is 9.99. The third kappa shape index (κ3) is 3.50. The number of carbonyl (C=O) groups excluding carboxylic acids is 2. The number of furan rings is 1. The molecule has 3 heterocycles. The van der Waals surface area contributed by atoms with Crippen LogP contribution in [0.5, 0.6) is 0 Å². The van der Waals surface area contributed by atoms with Crippen LogP contribution in [-0.4, -0.2) is 23.3 Å². The van der Waals surface area contributed by atoms with Crippen molar-refractivity contribution in [3.05, 3.63) is 58.5 Å². The van der Waals surface area contributed by atoms with Crippen molar-refractivity contribution in [2.24, 2.45) is 0 Å². The molecule has 3 N–H and O–H groups in total. The standard InChI is InChI=1S/C20H20N4O3S/c1-12-14(7-9-27-12)19(26)23-20-22-13(11-28-20)10-18(25)24-8-3-4-15-16(21)5-2-6-17(15)24/h2,5-7,9,11H,3-4,8,10,21H2,1H3,(H,22,23,26). The summed E-state index contributed by atoms with van der Waals surface area (Å²) in [5, 5.41) is 5.00. The molecular formula is C20H20N4O3S. The number of aryl methyl sites for hydroxylation is 1. The van der Waals surface area contributed by atoms with E-state index in [9.17, 15) is 9.59 Å². The SMILES string of the molecule is Cc1occc1C(=O)Nc1nc(CC(=O)N2CCCc3c(N)cccc32)cs1. The Morgan fingerprint density at radius 1 is 1.36 bits per heavy atom. The molecule has 0 saturated carbocycles. The van der Waals surface area contributed by atoms with E-state index in [0.29, 0.717) is 28.7 Å². The molecule has 0 bridgehead atoms. The third-order valence-electron chi connectivity index (χ3n) is 4.80. The highest BCUT2D eigenvalue weighted by atomic mass is 32.1. The number of fused-ring (bicyclic) bond motifs is 1. The number of nitrogens with zero attached hydrogens (tertiary/aromatic N) is 2. The van der Waals surface area contributed by atoms with Crippen LogP contribution in [0.25, 0.3) is 0 Å². The Bertz CT molecular complexity index is 1040. The van der Waals surface area contributed by atoms with Crippen LogP contribution in [0.2, 0.25) is 0 Å². The quantitative estimate of drug-likeness (QED) is 0.658. The van der Waals surface area contributed by atoms with Gasteiger partial charge in [0.2, 0.25) is 5.91 Å². The summed E-state index contributed by atoms with van der Waals surface area (Å²) in [7, 11) is 0. The number of hydrogen-bond acceptors (Lipinski definition) is 6. The van der Waals surface area contributed by atoms with E-state index in [1.54, 1.807) is 23.3 Å². The Morgan fingerprint density at radius 2 is 2.21 bits per heavy atom. The number of anilines is 3. The average Bonchev–Trinajstić information content (AvgIpc) is 3.30. The summed E-state index contributed by atoms with van der Waals surface area (Å²) in [5.41, 5.74) is 9.80. The summed E-state index contributed by atoms with van der Waals surface area (Å²) in [6.45, 7) is 2.40. The first-order valence-corrected chi connectivity index (χ1v) is 9.88. The second-order valence-corrected chi connectivity index (χ2v) is 7.52. The molecule has 28 heavy (non-hydrogen) atoms. The number of hydrogen-bond donors (Lipinski definition) is 2. The van der Waals surface area contributed by atoms with Crippen LogP contribution in [0.15, 0.2) is 40.3 Å². The van der Waals surface area contributed by atoms with Crippen LogP contribution in [0, 0.1) is 6.92 Å². The number of nitrogen functional groups attached to an aromatic ring is 1. The first kappa shape index (κ1) is 18.2. The number of amides is 2. The molecule has 4 rings (SSSR count). The van der Waals surface area contributed by atoms with Crippen LogP contribution in [0.3, 0.4) is 0 Å². The summed E-state index contributed by atoms with van der Waals surface area (Å²) >= 11 is 1.29. The molecule has 2 amide bonds. The molecule has 3 aromatic rings. The van der Waals surface area contributed by atoms with E-state index in [4.69, 9.17) is 10.2 Å². The van der Waals surface area contributed by atoms with E-state index in [1.165, 1.54) is 17.6 Å². The molecule has 0 aliphatic carbocycles. The van der Waals surface area contributed by atoms with Gasteiger partial charge >= 0.3 is 0 Å². The molecule has 144 valence electrons. The minimum Gasteiger partial charge on any atom is -0.469 e. The Kier molecular flexibility index (Phi) is 4.87. The fraction of sp³-hybridized carbons (Fsp3) is 0.250. The summed E-state index contributed by atoms with van der Waals surface area (Å²) in [4.78, 5) is 31.3. The third-order valence-corrected chi connectivity index (χ3v) is 5.60. The van der Waals surface area contributed by atoms with Crippen molar-refractivity contribution in [1.82, 2.24) is 4.98 Å². The molecule has 0 unspecified atom stereocenters. The fourth-order valence-corrected chi connectivity index (χ4v) is 4.10. The topological polar surface area (TPSA) is 101 Å². The summed E-state index contributed by atoms with van der Waals surface area (Å²) in [5.74, 6) is 0.242. The molecule has 0 saturated heterocycles.